The first-order valence-corrected chi connectivity index (χ1v) is 11.5. The molecule has 3 rings (SSSR count). The molecular weight excluding hydrogens is 509 g/mol. The van der Waals surface area contributed by atoms with E-state index in [0.717, 1.165) is 28.2 Å². The first-order chi connectivity index (χ1) is 18.1. The van der Waals surface area contributed by atoms with Gasteiger partial charge in [-0.2, -0.15) is 4.98 Å². The van der Waals surface area contributed by atoms with E-state index in [1.807, 2.05) is 31.2 Å². The Balaban J connectivity index is 2.02. The molecule has 1 heterocycles. The summed E-state index contributed by atoms with van der Waals surface area (Å²) in [6.07, 6.45) is -4.43. The Morgan fingerprint density at radius 3 is 2.53 bits per heavy atom. The monoisotopic (exact) mass is 536 g/mol. The minimum absolute atomic E-state index is 0.0139. The average molecular weight is 537 g/mol. The summed E-state index contributed by atoms with van der Waals surface area (Å²) in [5.74, 6) is -1.16. The van der Waals surface area contributed by atoms with Gasteiger partial charge in [0.25, 0.3) is 5.91 Å². The molecule has 1 aromatic heterocycles. The number of amides is 2. The molecule has 0 atom stereocenters. The summed E-state index contributed by atoms with van der Waals surface area (Å²) in [6, 6.07) is 12.1. The molecule has 0 fully saturated rings. The molecule has 204 valence electrons. The largest absolute Gasteiger partial charge is 0.573 e. The number of aryl methyl sites for hydroxylation is 1. The fourth-order valence-electron chi connectivity index (χ4n) is 3.37. The highest BCUT2D eigenvalue weighted by Crippen LogP contribution is 2.32. The van der Waals surface area contributed by atoms with Crippen LogP contribution in [0.3, 0.4) is 0 Å². The van der Waals surface area contributed by atoms with Gasteiger partial charge in [-0.25, -0.2) is 0 Å². The molecule has 0 aliphatic heterocycles. The van der Waals surface area contributed by atoms with E-state index in [0.29, 0.717) is 6.41 Å². The topological polar surface area (TPSA) is 115 Å². The molecule has 0 unspecified atom stereocenters. The molecule has 3 aromatic rings. The van der Waals surface area contributed by atoms with Crippen LogP contribution < -0.4 is 19.7 Å². The van der Waals surface area contributed by atoms with Gasteiger partial charge in [0.2, 0.25) is 6.41 Å². The summed E-state index contributed by atoms with van der Waals surface area (Å²) in [4.78, 5) is 30.2. The third kappa shape index (κ3) is 7.95. The molecule has 38 heavy (non-hydrogen) atoms. The molecule has 2 amide bonds. The van der Waals surface area contributed by atoms with Crippen LogP contribution in [0.25, 0.3) is 0 Å². The van der Waals surface area contributed by atoms with Crippen molar-refractivity contribution in [2.24, 2.45) is 0 Å². The second-order valence-electron chi connectivity index (χ2n) is 8.07. The van der Waals surface area contributed by atoms with E-state index >= 15 is 0 Å². The predicted molar refractivity (Wildman–Crippen MR) is 130 cm³/mol. The Labute approximate surface area is 216 Å². The van der Waals surface area contributed by atoms with Crippen LogP contribution >= 0.6 is 0 Å². The molecule has 0 aliphatic rings. The van der Waals surface area contributed by atoms with Crippen LogP contribution in [-0.2, 0) is 16.1 Å². The summed E-state index contributed by atoms with van der Waals surface area (Å²) in [7, 11) is 1.40. The SMILES string of the molecule is Cc1ccc(Cn2c(Oc3cccc(OC(F)(F)F)c3)nc(N(C)C=O)c2C(=O)NCCOCCO)cc1. The normalized spacial score (nSPS) is 11.2. The standard InChI is InChI=1S/C25H27F3N4O6/c1-17-6-8-18(9-7-17)15-32-21(23(35)29-10-12-36-13-11-33)22(31(2)16-34)30-24(32)37-19-4-3-5-20(14-19)38-25(26,27)28/h3-9,14,16,33H,10-13,15H2,1-2H3,(H,29,35). The average Bonchev–Trinajstić information content (AvgIpc) is 3.21. The van der Waals surface area contributed by atoms with Gasteiger partial charge in [-0.1, -0.05) is 35.9 Å². The summed E-state index contributed by atoms with van der Waals surface area (Å²) >= 11 is 0. The number of ether oxygens (including phenoxy) is 3. The lowest BCUT2D eigenvalue weighted by Crippen LogP contribution is -2.31. The van der Waals surface area contributed by atoms with Crippen LogP contribution in [0.5, 0.6) is 17.5 Å². The number of imidazole rings is 1. The minimum atomic E-state index is -4.89. The maximum Gasteiger partial charge on any atom is 0.573 e. The molecule has 10 nitrogen and oxygen atoms in total. The molecule has 2 N–H and O–H groups in total. The first kappa shape index (κ1) is 28.5. The summed E-state index contributed by atoms with van der Waals surface area (Å²) in [5.41, 5.74) is 1.77. The van der Waals surface area contributed by atoms with E-state index in [2.05, 4.69) is 15.0 Å². The van der Waals surface area contributed by atoms with Crippen molar-refractivity contribution in [3.63, 3.8) is 0 Å². The van der Waals surface area contributed by atoms with Crippen molar-refractivity contribution in [3.05, 3.63) is 65.4 Å². The zero-order chi connectivity index (χ0) is 27.7. The summed E-state index contributed by atoms with van der Waals surface area (Å²) in [6.45, 7) is 2.19. The number of benzene rings is 2. The third-order valence-electron chi connectivity index (χ3n) is 5.10. The molecule has 2 aromatic carbocycles. The number of halogens is 3. The van der Waals surface area contributed by atoms with E-state index in [1.165, 1.54) is 23.7 Å². The van der Waals surface area contributed by atoms with Crippen LogP contribution in [0.15, 0.2) is 48.5 Å². The first-order valence-electron chi connectivity index (χ1n) is 11.5. The van der Waals surface area contributed by atoms with Gasteiger partial charge in [0.05, 0.1) is 26.4 Å². The molecule has 0 radical (unpaired) electrons. The van der Waals surface area contributed by atoms with Gasteiger partial charge in [0.1, 0.15) is 11.5 Å². The second kappa shape index (κ2) is 12.9. The third-order valence-corrected chi connectivity index (χ3v) is 5.10. The number of alkyl halides is 3. The van der Waals surface area contributed by atoms with E-state index in [9.17, 15) is 22.8 Å². The van der Waals surface area contributed by atoms with Crippen LogP contribution in [0.1, 0.15) is 21.6 Å². The maximum atomic E-state index is 13.2. The van der Waals surface area contributed by atoms with Crippen molar-refractivity contribution in [2.45, 2.75) is 19.8 Å². The van der Waals surface area contributed by atoms with Crippen molar-refractivity contribution < 1.29 is 42.1 Å². The molecule has 0 saturated heterocycles. The zero-order valence-electron chi connectivity index (χ0n) is 20.7. The van der Waals surface area contributed by atoms with Gasteiger partial charge < -0.3 is 29.5 Å². The van der Waals surface area contributed by atoms with Gasteiger partial charge in [-0.05, 0) is 24.6 Å². The van der Waals surface area contributed by atoms with Crippen molar-refractivity contribution >= 4 is 18.1 Å². The van der Waals surface area contributed by atoms with Gasteiger partial charge in [0.15, 0.2) is 11.5 Å². The molecule has 13 heteroatoms. The van der Waals surface area contributed by atoms with Gasteiger partial charge in [-0.15, -0.1) is 13.2 Å². The molecule has 0 bridgehead atoms. The number of aromatic nitrogens is 2. The van der Waals surface area contributed by atoms with E-state index in [-0.39, 0.29) is 56.2 Å². The van der Waals surface area contributed by atoms with Crippen LogP contribution in [0, 0.1) is 6.92 Å². The Morgan fingerprint density at radius 2 is 1.87 bits per heavy atom. The fourth-order valence-corrected chi connectivity index (χ4v) is 3.37. The van der Waals surface area contributed by atoms with Crippen LogP contribution in [-0.4, -0.2) is 66.8 Å². The number of nitrogens with one attached hydrogen (secondary N) is 1. The number of carbonyl (C=O) groups is 2. The number of hydrogen-bond acceptors (Lipinski definition) is 7. The number of aliphatic hydroxyl groups excluding tert-OH is 1. The Morgan fingerprint density at radius 1 is 1.16 bits per heavy atom. The predicted octanol–water partition coefficient (Wildman–Crippen LogP) is 3.26. The second-order valence-corrected chi connectivity index (χ2v) is 8.07. The van der Waals surface area contributed by atoms with Gasteiger partial charge >= 0.3 is 12.4 Å². The Kier molecular flexibility index (Phi) is 9.68. The number of anilines is 1. The molecule has 0 aliphatic carbocycles. The van der Waals surface area contributed by atoms with Crippen LogP contribution in [0.4, 0.5) is 19.0 Å². The summed E-state index contributed by atoms with van der Waals surface area (Å²) < 4.78 is 54.4. The maximum absolute atomic E-state index is 13.2. The minimum Gasteiger partial charge on any atom is -0.425 e. The summed E-state index contributed by atoms with van der Waals surface area (Å²) in [5, 5.41) is 11.5. The zero-order valence-corrected chi connectivity index (χ0v) is 20.7. The van der Waals surface area contributed by atoms with Gasteiger partial charge in [0, 0.05) is 19.7 Å². The lowest BCUT2D eigenvalue weighted by Gasteiger charge is -2.15. The molecular formula is C25H27F3N4O6. The van der Waals surface area contributed by atoms with E-state index < -0.39 is 18.0 Å². The quantitative estimate of drug-likeness (QED) is 0.255. The van der Waals surface area contributed by atoms with Crippen molar-refractivity contribution in [1.82, 2.24) is 14.9 Å². The lowest BCUT2D eigenvalue weighted by molar-refractivity contribution is -0.274. The number of nitrogens with zero attached hydrogens (tertiary/aromatic N) is 3. The fraction of sp³-hybridized carbons (Fsp3) is 0.320. The van der Waals surface area contributed by atoms with Crippen molar-refractivity contribution in [3.8, 4) is 17.5 Å². The Bertz CT molecular complexity index is 1230. The van der Waals surface area contributed by atoms with Crippen LogP contribution in [0.2, 0.25) is 0 Å². The van der Waals surface area contributed by atoms with E-state index in [4.69, 9.17) is 14.6 Å². The van der Waals surface area contributed by atoms with Gasteiger partial charge in [-0.3, -0.25) is 14.2 Å². The van der Waals surface area contributed by atoms with Crippen molar-refractivity contribution in [2.75, 3.05) is 38.3 Å². The highest BCUT2D eigenvalue weighted by Gasteiger charge is 2.31. The molecule has 0 spiro atoms. The van der Waals surface area contributed by atoms with Crippen molar-refractivity contribution in [1.29, 1.82) is 0 Å². The number of rotatable bonds is 13. The molecule has 0 saturated carbocycles. The highest BCUT2D eigenvalue weighted by molar-refractivity contribution is 5.99. The smallest absolute Gasteiger partial charge is 0.425 e. The lowest BCUT2D eigenvalue weighted by atomic mass is 10.1. The highest BCUT2D eigenvalue weighted by atomic mass is 19.4. The Hall–Kier alpha value is -4.10. The number of hydrogen-bond donors (Lipinski definition) is 2. The number of carbonyl (C=O) groups excluding carboxylic acids is 2. The van der Waals surface area contributed by atoms with E-state index in [1.54, 1.807) is 0 Å². The number of aliphatic hydroxyl groups is 1.